The van der Waals surface area contributed by atoms with Gasteiger partial charge in [-0.2, -0.15) is 0 Å². The minimum Gasteiger partial charge on any atom is -0.399 e. The maximum atomic E-state index is 12.4. The lowest BCUT2D eigenvalue weighted by Crippen LogP contribution is -2.38. The number of carbonyl (C=O) groups excluding carboxylic acids is 1. The van der Waals surface area contributed by atoms with E-state index >= 15 is 0 Å². The van der Waals surface area contributed by atoms with E-state index in [0.29, 0.717) is 6.61 Å². The molecule has 1 aliphatic rings. The lowest BCUT2D eigenvalue weighted by molar-refractivity contribution is -0.140. The highest BCUT2D eigenvalue weighted by Crippen LogP contribution is 2.24. The summed E-state index contributed by atoms with van der Waals surface area (Å²) in [5.74, 6) is 0.164. The Kier molecular flexibility index (Phi) is 4.43. The molecule has 19 heavy (non-hydrogen) atoms. The maximum Gasteiger partial charge on any atom is 0.228 e. The van der Waals surface area contributed by atoms with Crippen LogP contribution in [0.4, 0.5) is 5.69 Å². The average Bonchev–Trinajstić information content (AvgIpc) is 2.46. The molecule has 2 rings (SSSR count). The lowest BCUT2D eigenvalue weighted by atomic mass is 9.99. The second kappa shape index (κ2) is 6.06. The van der Waals surface area contributed by atoms with Gasteiger partial charge in [-0.05, 0) is 37.5 Å². The summed E-state index contributed by atoms with van der Waals surface area (Å²) in [6.07, 6.45) is 1.89. The van der Waals surface area contributed by atoms with E-state index in [-0.39, 0.29) is 17.9 Å². The van der Waals surface area contributed by atoms with E-state index in [1.54, 1.807) is 4.90 Å². The van der Waals surface area contributed by atoms with Gasteiger partial charge in [0.25, 0.3) is 0 Å². The smallest absolute Gasteiger partial charge is 0.228 e. The van der Waals surface area contributed by atoms with Crippen molar-refractivity contribution in [1.82, 2.24) is 4.90 Å². The molecule has 4 nitrogen and oxygen atoms in total. The van der Waals surface area contributed by atoms with Gasteiger partial charge in [-0.1, -0.05) is 12.1 Å². The zero-order chi connectivity index (χ0) is 13.8. The van der Waals surface area contributed by atoms with Crippen LogP contribution in [0, 0.1) is 5.92 Å². The molecule has 1 saturated heterocycles. The lowest BCUT2D eigenvalue weighted by Gasteiger charge is -2.31. The Hall–Kier alpha value is -1.55. The highest BCUT2D eigenvalue weighted by atomic mass is 16.5. The van der Waals surface area contributed by atoms with E-state index in [1.165, 1.54) is 0 Å². The van der Waals surface area contributed by atoms with Gasteiger partial charge in [-0.3, -0.25) is 4.79 Å². The molecule has 1 fully saturated rings. The van der Waals surface area contributed by atoms with Crippen LogP contribution in [0.2, 0.25) is 0 Å². The maximum absolute atomic E-state index is 12.4. The number of hydrogen-bond acceptors (Lipinski definition) is 3. The van der Waals surface area contributed by atoms with Crippen molar-refractivity contribution in [3.8, 4) is 0 Å². The van der Waals surface area contributed by atoms with Gasteiger partial charge in [0.15, 0.2) is 0 Å². The van der Waals surface area contributed by atoms with Crippen molar-refractivity contribution in [2.24, 2.45) is 5.92 Å². The summed E-state index contributed by atoms with van der Waals surface area (Å²) >= 11 is 0. The number of ether oxygens (including phenoxy) is 1. The van der Waals surface area contributed by atoms with Crippen molar-refractivity contribution in [2.75, 3.05) is 26.0 Å². The Morgan fingerprint density at radius 1 is 1.53 bits per heavy atom. The van der Waals surface area contributed by atoms with E-state index in [2.05, 4.69) is 0 Å². The molecular weight excluding hydrogens is 240 g/mol. The Morgan fingerprint density at radius 3 is 2.95 bits per heavy atom. The fourth-order valence-corrected chi connectivity index (χ4v) is 2.46. The standard InChI is InChI=1S/C15H22N2O2/c1-11(12-5-3-7-14(16)9-12)17(2)15(18)13-6-4-8-19-10-13/h3,5,7,9,11,13H,4,6,8,10,16H2,1-2H3. The summed E-state index contributed by atoms with van der Waals surface area (Å²) in [7, 11) is 1.85. The van der Waals surface area contributed by atoms with Crippen LogP contribution in [0.25, 0.3) is 0 Å². The zero-order valence-corrected chi connectivity index (χ0v) is 11.6. The minimum absolute atomic E-state index is 0.00209. The monoisotopic (exact) mass is 262 g/mol. The van der Waals surface area contributed by atoms with E-state index < -0.39 is 0 Å². The molecule has 1 heterocycles. The third-order valence-electron chi connectivity index (χ3n) is 3.83. The van der Waals surface area contributed by atoms with E-state index in [9.17, 15) is 4.79 Å². The molecule has 0 spiro atoms. The van der Waals surface area contributed by atoms with Crippen LogP contribution in [-0.2, 0) is 9.53 Å². The Bertz CT molecular complexity index is 442. The fraction of sp³-hybridized carbons (Fsp3) is 0.533. The first kappa shape index (κ1) is 13.9. The summed E-state index contributed by atoms with van der Waals surface area (Å²) in [6.45, 7) is 3.35. The number of amides is 1. The number of benzene rings is 1. The largest absolute Gasteiger partial charge is 0.399 e. The minimum atomic E-state index is 0.00209. The first-order chi connectivity index (χ1) is 9.09. The molecule has 2 N–H and O–H groups in total. The second-order valence-corrected chi connectivity index (χ2v) is 5.21. The van der Waals surface area contributed by atoms with Crippen LogP contribution in [0.3, 0.4) is 0 Å². The molecule has 1 aliphatic heterocycles. The van der Waals surface area contributed by atoms with Crippen molar-refractivity contribution in [3.05, 3.63) is 29.8 Å². The fourth-order valence-electron chi connectivity index (χ4n) is 2.46. The molecule has 0 saturated carbocycles. The molecule has 0 aliphatic carbocycles. The molecule has 1 amide bonds. The van der Waals surface area contributed by atoms with Crippen LogP contribution in [0.1, 0.15) is 31.4 Å². The first-order valence-corrected chi connectivity index (χ1v) is 6.79. The van der Waals surface area contributed by atoms with Gasteiger partial charge in [0.2, 0.25) is 5.91 Å². The number of nitrogen functional groups attached to an aromatic ring is 1. The van der Waals surface area contributed by atoms with Crippen LogP contribution in [0.5, 0.6) is 0 Å². The third kappa shape index (κ3) is 3.26. The van der Waals surface area contributed by atoms with Crippen LogP contribution < -0.4 is 5.73 Å². The Balaban J connectivity index is 2.05. The normalized spacial score (nSPS) is 20.8. The predicted octanol–water partition coefficient (Wildman–Crippen LogP) is 2.21. The van der Waals surface area contributed by atoms with Crippen molar-refractivity contribution >= 4 is 11.6 Å². The number of carbonyl (C=O) groups is 1. The SMILES string of the molecule is CC(c1cccc(N)c1)N(C)C(=O)C1CCCOC1. The highest BCUT2D eigenvalue weighted by Gasteiger charge is 2.27. The van der Waals surface area contributed by atoms with Gasteiger partial charge < -0.3 is 15.4 Å². The summed E-state index contributed by atoms with van der Waals surface area (Å²) in [5, 5.41) is 0. The van der Waals surface area contributed by atoms with E-state index in [1.807, 2.05) is 38.2 Å². The summed E-state index contributed by atoms with van der Waals surface area (Å²) in [6, 6.07) is 7.72. The van der Waals surface area contributed by atoms with Crippen molar-refractivity contribution < 1.29 is 9.53 Å². The molecule has 0 aromatic heterocycles. The molecule has 1 aromatic rings. The van der Waals surface area contributed by atoms with Crippen LogP contribution in [-0.4, -0.2) is 31.1 Å². The Labute approximate surface area is 114 Å². The second-order valence-electron chi connectivity index (χ2n) is 5.21. The number of hydrogen-bond donors (Lipinski definition) is 1. The van der Waals surface area contributed by atoms with Crippen LogP contribution >= 0.6 is 0 Å². The summed E-state index contributed by atoms with van der Waals surface area (Å²) in [5.41, 5.74) is 7.58. The molecule has 104 valence electrons. The predicted molar refractivity (Wildman–Crippen MR) is 75.6 cm³/mol. The molecule has 0 bridgehead atoms. The number of nitrogens with two attached hydrogens (primary N) is 1. The molecule has 0 radical (unpaired) electrons. The van der Waals surface area contributed by atoms with Crippen molar-refractivity contribution in [1.29, 1.82) is 0 Å². The summed E-state index contributed by atoms with van der Waals surface area (Å²) < 4.78 is 5.39. The van der Waals surface area contributed by atoms with Crippen LogP contribution in [0.15, 0.2) is 24.3 Å². The zero-order valence-electron chi connectivity index (χ0n) is 11.6. The highest BCUT2D eigenvalue weighted by molar-refractivity contribution is 5.79. The number of rotatable bonds is 3. The molecule has 2 atom stereocenters. The van der Waals surface area contributed by atoms with Crippen molar-refractivity contribution in [2.45, 2.75) is 25.8 Å². The first-order valence-electron chi connectivity index (χ1n) is 6.79. The van der Waals surface area contributed by atoms with E-state index in [4.69, 9.17) is 10.5 Å². The van der Waals surface area contributed by atoms with Gasteiger partial charge in [0.1, 0.15) is 0 Å². The van der Waals surface area contributed by atoms with Gasteiger partial charge in [0, 0.05) is 19.3 Å². The quantitative estimate of drug-likeness (QED) is 0.850. The average molecular weight is 262 g/mol. The van der Waals surface area contributed by atoms with E-state index in [0.717, 1.165) is 30.7 Å². The Morgan fingerprint density at radius 2 is 2.32 bits per heavy atom. The number of anilines is 1. The molecule has 2 unspecified atom stereocenters. The molecule has 4 heteroatoms. The number of nitrogens with zero attached hydrogens (tertiary/aromatic N) is 1. The topological polar surface area (TPSA) is 55.6 Å². The van der Waals surface area contributed by atoms with Gasteiger partial charge in [0.05, 0.1) is 18.6 Å². The van der Waals surface area contributed by atoms with Gasteiger partial charge >= 0.3 is 0 Å². The molecular formula is C15H22N2O2. The summed E-state index contributed by atoms with van der Waals surface area (Å²) in [4.78, 5) is 14.2. The van der Waals surface area contributed by atoms with Gasteiger partial charge in [-0.15, -0.1) is 0 Å². The van der Waals surface area contributed by atoms with Gasteiger partial charge in [-0.25, -0.2) is 0 Å². The van der Waals surface area contributed by atoms with Crippen molar-refractivity contribution in [3.63, 3.8) is 0 Å². The third-order valence-corrected chi connectivity index (χ3v) is 3.83. The molecule has 1 aromatic carbocycles.